The summed E-state index contributed by atoms with van der Waals surface area (Å²) in [5.74, 6) is 0.724. The van der Waals surface area contributed by atoms with E-state index in [0.29, 0.717) is 6.04 Å². The highest BCUT2D eigenvalue weighted by Crippen LogP contribution is 2.11. The van der Waals surface area contributed by atoms with Crippen LogP contribution in [0.4, 0.5) is 5.69 Å². The second-order valence-electron chi connectivity index (χ2n) is 5.32. The van der Waals surface area contributed by atoms with Gasteiger partial charge in [-0.15, -0.1) is 0 Å². The van der Waals surface area contributed by atoms with Crippen molar-refractivity contribution in [3.63, 3.8) is 0 Å². The average molecular weight is 248 g/mol. The minimum atomic E-state index is 0.659. The molecule has 0 radical (unpaired) electrons. The van der Waals surface area contributed by atoms with Crippen molar-refractivity contribution in [3.8, 4) is 0 Å². The number of rotatable bonds is 8. The van der Waals surface area contributed by atoms with E-state index in [4.69, 9.17) is 0 Å². The maximum absolute atomic E-state index is 3.65. The Morgan fingerprint density at radius 2 is 1.83 bits per heavy atom. The van der Waals surface area contributed by atoms with Crippen LogP contribution < -0.4 is 10.2 Å². The molecule has 0 saturated heterocycles. The van der Waals surface area contributed by atoms with Crippen LogP contribution in [-0.2, 0) is 0 Å². The van der Waals surface area contributed by atoms with Crippen molar-refractivity contribution in [1.82, 2.24) is 5.32 Å². The first-order valence-electron chi connectivity index (χ1n) is 7.14. The van der Waals surface area contributed by atoms with Gasteiger partial charge >= 0.3 is 0 Å². The highest BCUT2D eigenvalue weighted by Gasteiger charge is 2.09. The standard InChI is InChI=1S/C16H28N2/c1-5-16(14(2)3)17-12-9-13-18(4)15-10-7-6-8-11-15/h6-8,10-11,14,16-17H,5,9,12-13H2,1-4H3. The van der Waals surface area contributed by atoms with Crippen LogP contribution >= 0.6 is 0 Å². The number of hydrogen-bond acceptors (Lipinski definition) is 2. The van der Waals surface area contributed by atoms with Gasteiger partial charge in [0.1, 0.15) is 0 Å². The molecule has 1 aromatic carbocycles. The fourth-order valence-electron chi connectivity index (χ4n) is 2.27. The maximum Gasteiger partial charge on any atom is 0.0363 e. The summed E-state index contributed by atoms with van der Waals surface area (Å²) in [6, 6.07) is 11.2. The Kier molecular flexibility index (Phi) is 6.81. The van der Waals surface area contributed by atoms with E-state index < -0.39 is 0 Å². The van der Waals surface area contributed by atoms with Gasteiger partial charge in [-0.05, 0) is 37.4 Å². The van der Waals surface area contributed by atoms with Gasteiger partial charge in [0.05, 0.1) is 0 Å². The molecule has 1 aromatic rings. The zero-order chi connectivity index (χ0) is 13.4. The van der Waals surface area contributed by atoms with Gasteiger partial charge in [-0.2, -0.15) is 0 Å². The van der Waals surface area contributed by atoms with Gasteiger partial charge in [-0.25, -0.2) is 0 Å². The first-order valence-corrected chi connectivity index (χ1v) is 7.14. The number of anilines is 1. The summed E-state index contributed by atoms with van der Waals surface area (Å²) in [4.78, 5) is 2.32. The number of benzene rings is 1. The quantitative estimate of drug-likeness (QED) is 0.708. The summed E-state index contributed by atoms with van der Waals surface area (Å²) in [5.41, 5.74) is 1.30. The molecule has 0 heterocycles. The highest BCUT2D eigenvalue weighted by atomic mass is 15.1. The monoisotopic (exact) mass is 248 g/mol. The van der Waals surface area contributed by atoms with E-state index in [1.165, 1.54) is 18.5 Å². The minimum absolute atomic E-state index is 0.659. The van der Waals surface area contributed by atoms with Crippen LogP contribution in [0.5, 0.6) is 0 Å². The smallest absolute Gasteiger partial charge is 0.0363 e. The summed E-state index contributed by atoms with van der Waals surface area (Å²) in [7, 11) is 2.16. The summed E-state index contributed by atoms with van der Waals surface area (Å²) in [6.07, 6.45) is 2.40. The zero-order valence-corrected chi connectivity index (χ0v) is 12.3. The minimum Gasteiger partial charge on any atom is -0.375 e. The van der Waals surface area contributed by atoms with Gasteiger partial charge < -0.3 is 10.2 Å². The van der Waals surface area contributed by atoms with E-state index in [1.807, 2.05) is 0 Å². The Bertz CT molecular complexity index is 308. The van der Waals surface area contributed by atoms with Crippen LogP contribution in [0.25, 0.3) is 0 Å². The first-order chi connectivity index (χ1) is 8.65. The van der Waals surface area contributed by atoms with E-state index >= 15 is 0 Å². The van der Waals surface area contributed by atoms with Crippen molar-refractivity contribution in [2.75, 3.05) is 25.0 Å². The van der Waals surface area contributed by atoms with Gasteiger partial charge in [-0.1, -0.05) is 39.0 Å². The topological polar surface area (TPSA) is 15.3 Å². The Balaban J connectivity index is 2.22. The molecule has 0 aliphatic heterocycles. The Morgan fingerprint density at radius 3 is 2.39 bits per heavy atom. The molecule has 0 spiro atoms. The van der Waals surface area contributed by atoms with Crippen LogP contribution in [0.1, 0.15) is 33.6 Å². The molecule has 1 N–H and O–H groups in total. The van der Waals surface area contributed by atoms with E-state index in [2.05, 4.69) is 68.4 Å². The summed E-state index contributed by atoms with van der Waals surface area (Å²) >= 11 is 0. The number of nitrogens with zero attached hydrogens (tertiary/aromatic N) is 1. The molecule has 0 saturated carbocycles. The summed E-state index contributed by atoms with van der Waals surface area (Å²) < 4.78 is 0. The Morgan fingerprint density at radius 1 is 1.17 bits per heavy atom. The van der Waals surface area contributed by atoms with Crippen LogP contribution in [-0.4, -0.2) is 26.2 Å². The normalized spacial score (nSPS) is 12.7. The maximum atomic E-state index is 3.65. The van der Waals surface area contributed by atoms with E-state index in [-0.39, 0.29) is 0 Å². The van der Waals surface area contributed by atoms with Crippen molar-refractivity contribution in [1.29, 1.82) is 0 Å². The lowest BCUT2D eigenvalue weighted by Crippen LogP contribution is -2.35. The largest absolute Gasteiger partial charge is 0.375 e. The lowest BCUT2D eigenvalue weighted by atomic mass is 10.0. The number of para-hydroxylation sites is 1. The van der Waals surface area contributed by atoms with Crippen molar-refractivity contribution in [3.05, 3.63) is 30.3 Å². The molecular weight excluding hydrogens is 220 g/mol. The first kappa shape index (κ1) is 15.0. The number of hydrogen-bond donors (Lipinski definition) is 1. The van der Waals surface area contributed by atoms with E-state index in [0.717, 1.165) is 19.0 Å². The molecule has 2 nitrogen and oxygen atoms in total. The molecule has 102 valence electrons. The van der Waals surface area contributed by atoms with Crippen molar-refractivity contribution < 1.29 is 0 Å². The van der Waals surface area contributed by atoms with Crippen molar-refractivity contribution >= 4 is 5.69 Å². The molecule has 0 bridgehead atoms. The molecule has 0 fully saturated rings. The second-order valence-corrected chi connectivity index (χ2v) is 5.32. The Labute approximate surface area is 112 Å². The van der Waals surface area contributed by atoms with Crippen LogP contribution in [0, 0.1) is 5.92 Å². The summed E-state index contributed by atoms with van der Waals surface area (Å²) in [6.45, 7) is 9.04. The molecule has 1 rings (SSSR count). The fourth-order valence-corrected chi connectivity index (χ4v) is 2.27. The van der Waals surface area contributed by atoms with Crippen LogP contribution in [0.3, 0.4) is 0 Å². The SMILES string of the molecule is CCC(NCCCN(C)c1ccccc1)C(C)C. The molecule has 1 atom stereocenters. The molecule has 0 aliphatic rings. The van der Waals surface area contributed by atoms with Gasteiger partial charge in [-0.3, -0.25) is 0 Å². The second kappa shape index (κ2) is 8.15. The third kappa shape index (κ3) is 5.09. The van der Waals surface area contributed by atoms with Crippen molar-refractivity contribution in [2.45, 2.75) is 39.7 Å². The predicted octanol–water partition coefficient (Wildman–Crippen LogP) is 3.54. The third-order valence-corrected chi connectivity index (χ3v) is 3.52. The van der Waals surface area contributed by atoms with Gasteiger partial charge in [0.2, 0.25) is 0 Å². The van der Waals surface area contributed by atoms with Crippen molar-refractivity contribution in [2.24, 2.45) is 5.92 Å². The molecule has 0 amide bonds. The summed E-state index contributed by atoms with van der Waals surface area (Å²) in [5, 5.41) is 3.65. The fraction of sp³-hybridized carbons (Fsp3) is 0.625. The zero-order valence-electron chi connectivity index (χ0n) is 12.3. The molecule has 18 heavy (non-hydrogen) atoms. The Hall–Kier alpha value is -1.02. The van der Waals surface area contributed by atoms with Crippen LogP contribution in [0.2, 0.25) is 0 Å². The third-order valence-electron chi connectivity index (χ3n) is 3.52. The lowest BCUT2D eigenvalue weighted by Gasteiger charge is -2.23. The molecule has 0 aliphatic carbocycles. The highest BCUT2D eigenvalue weighted by molar-refractivity contribution is 5.44. The van der Waals surface area contributed by atoms with Gasteiger partial charge in [0.15, 0.2) is 0 Å². The van der Waals surface area contributed by atoms with E-state index in [9.17, 15) is 0 Å². The molecule has 1 unspecified atom stereocenters. The molecule has 0 aromatic heterocycles. The van der Waals surface area contributed by atoms with Gasteiger partial charge in [0.25, 0.3) is 0 Å². The molecular formula is C16H28N2. The van der Waals surface area contributed by atoms with E-state index in [1.54, 1.807) is 0 Å². The number of nitrogens with one attached hydrogen (secondary N) is 1. The average Bonchev–Trinajstić information content (AvgIpc) is 2.39. The molecule has 2 heteroatoms. The van der Waals surface area contributed by atoms with Gasteiger partial charge in [0, 0.05) is 25.3 Å². The van der Waals surface area contributed by atoms with Crippen LogP contribution in [0.15, 0.2) is 30.3 Å². The lowest BCUT2D eigenvalue weighted by molar-refractivity contribution is 0.387. The predicted molar refractivity (Wildman–Crippen MR) is 81.2 cm³/mol.